The van der Waals surface area contributed by atoms with E-state index in [4.69, 9.17) is 14.7 Å². The van der Waals surface area contributed by atoms with Crippen LogP contribution < -0.4 is 10.5 Å². The molecule has 0 spiro atoms. The Bertz CT molecular complexity index is 1440. The first kappa shape index (κ1) is 22.2. The number of ether oxygens (including phenoxy) is 1. The van der Waals surface area contributed by atoms with Crippen molar-refractivity contribution >= 4 is 45.3 Å². The molecule has 1 amide bonds. The Hall–Kier alpha value is -3.63. The molecule has 1 aromatic carbocycles. The second-order valence-electron chi connectivity index (χ2n) is 7.56. The molecule has 6 N–H and O–H groups in total. The van der Waals surface area contributed by atoms with E-state index in [9.17, 15) is 28.5 Å². The number of aliphatic hydroxyl groups excluding tert-OH is 2. The number of aromatic nitrogens is 4. The van der Waals surface area contributed by atoms with E-state index >= 15 is 0 Å². The van der Waals surface area contributed by atoms with Crippen molar-refractivity contribution in [1.82, 2.24) is 24.2 Å². The lowest BCUT2D eigenvalue weighted by atomic mass is 10.1. The van der Waals surface area contributed by atoms with Gasteiger partial charge < -0.3 is 25.8 Å². The number of nitrogens with one attached hydrogen (secondary N) is 1. The zero-order chi connectivity index (χ0) is 24.2. The fraction of sp³-hybridized carbons (Fsp3) is 0.263. The number of hydrogen-bond acceptors (Lipinski definition) is 12. The number of aliphatic hydroxyl groups is 2. The van der Waals surface area contributed by atoms with Gasteiger partial charge in [-0.1, -0.05) is 18.2 Å². The van der Waals surface area contributed by atoms with Gasteiger partial charge in [0.25, 0.3) is 5.91 Å². The van der Waals surface area contributed by atoms with E-state index in [0.717, 1.165) is 0 Å². The fourth-order valence-electron chi connectivity index (χ4n) is 3.85. The van der Waals surface area contributed by atoms with Crippen molar-refractivity contribution in [3.05, 3.63) is 41.5 Å². The van der Waals surface area contributed by atoms with Gasteiger partial charge in [0.2, 0.25) is 0 Å². The molecule has 15 heteroatoms. The van der Waals surface area contributed by atoms with Crippen LogP contribution in [0.15, 0.2) is 24.5 Å². The SMILES string of the molecule is Nc1ncnc2c1nc1n2[C@@H]2O[C@H](COS(=O)(=O)NC(=O)c3c(O)cccc3/C=C\1)[C@@H](O)[C@H]2O. The van der Waals surface area contributed by atoms with Gasteiger partial charge in [-0.25, -0.2) is 19.7 Å². The maximum atomic E-state index is 12.7. The number of anilines is 1. The highest BCUT2D eigenvalue weighted by molar-refractivity contribution is 7.85. The number of nitrogen functional groups attached to an aromatic ring is 1. The summed E-state index contributed by atoms with van der Waals surface area (Å²) in [4.78, 5) is 25.1. The predicted molar refractivity (Wildman–Crippen MR) is 115 cm³/mol. The summed E-state index contributed by atoms with van der Waals surface area (Å²) in [5, 5.41) is 31.4. The number of rotatable bonds is 0. The zero-order valence-corrected chi connectivity index (χ0v) is 18.0. The van der Waals surface area contributed by atoms with E-state index in [0.29, 0.717) is 0 Å². The number of carbonyl (C=O) groups is 1. The van der Waals surface area contributed by atoms with Crippen molar-refractivity contribution in [3.8, 4) is 5.75 Å². The first-order chi connectivity index (χ1) is 16.2. The quantitative estimate of drug-likeness (QED) is 0.254. The molecule has 34 heavy (non-hydrogen) atoms. The molecular weight excluding hydrogens is 472 g/mol. The zero-order valence-electron chi connectivity index (χ0n) is 17.1. The van der Waals surface area contributed by atoms with Crippen LogP contribution in [0.3, 0.4) is 0 Å². The van der Waals surface area contributed by atoms with Crippen molar-refractivity contribution in [2.75, 3.05) is 12.3 Å². The Labute approximate surface area is 191 Å². The average molecular weight is 490 g/mol. The second-order valence-corrected chi connectivity index (χ2v) is 8.91. The summed E-state index contributed by atoms with van der Waals surface area (Å²) in [6.07, 6.45) is -1.59. The fourth-order valence-corrected chi connectivity index (χ4v) is 4.55. The summed E-state index contributed by atoms with van der Waals surface area (Å²) in [7, 11) is -4.66. The topological polar surface area (TPSA) is 212 Å². The van der Waals surface area contributed by atoms with Crippen molar-refractivity contribution in [2.45, 2.75) is 24.5 Å². The second kappa shape index (κ2) is 8.00. The minimum Gasteiger partial charge on any atom is -0.507 e. The molecule has 0 radical (unpaired) electrons. The lowest BCUT2D eigenvalue weighted by Crippen LogP contribution is -2.38. The van der Waals surface area contributed by atoms with Crippen molar-refractivity contribution in [1.29, 1.82) is 0 Å². The average Bonchev–Trinajstić information content (AvgIpc) is 3.28. The number of aromatic hydroxyl groups is 1. The number of amides is 1. The lowest BCUT2D eigenvalue weighted by molar-refractivity contribution is -0.0471. The monoisotopic (exact) mass is 490 g/mol. The highest BCUT2D eigenvalue weighted by atomic mass is 32.2. The molecule has 1 fully saturated rings. The van der Waals surface area contributed by atoms with Gasteiger partial charge in [-0.3, -0.25) is 13.5 Å². The van der Waals surface area contributed by atoms with Crippen LogP contribution in [0, 0.1) is 0 Å². The van der Waals surface area contributed by atoms with Crippen LogP contribution in [0.1, 0.15) is 28.0 Å². The third-order valence-corrected chi connectivity index (χ3v) is 6.32. The molecule has 2 aromatic heterocycles. The Kier molecular flexibility index (Phi) is 5.22. The first-order valence-corrected chi connectivity index (χ1v) is 11.3. The number of phenols is 1. The molecule has 4 heterocycles. The molecule has 2 aliphatic rings. The molecule has 2 aliphatic heterocycles. The standard InChI is InChI=1S/C19H18N6O8S/c20-16-13-17(22-7-21-16)25-11(23-13)5-4-8-2-1-3-9(26)12(8)18(29)24-34(30,31)32-6-10-14(27)15(28)19(25)33-10/h1-5,7,10,14-15,19,26-28H,6H2,(H,24,29)(H2,20,21,22)/b5-4-/t10-,14-,15-,19-/m1/s1. The molecule has 14 nitrogen and oxygen atoms in total. The summed E-state index contributed by atoms with van der Waals surface area (Å²) >= 11 is 0. The van der Waals surface area contributed by atoms with E-state index in [1.807, 2.05) is 0 Å². The summed E-state index contributed by atoms with van der Waals surface area (Å²) in [5.41, 5.74) is 6.11. The van der Waals surface area contributed by atoms with Gasteiger partial charge >= 0.3 is 10.3 Å². The van der Waals surface area contributed by atoms with Crippen LogP contribution in [0.2, 0.25) is 0 Å². The van der Waals surface area contributed by atoms with E-state index in [-0.39, 0.29) is 33.9 Å². The Morgan fingerprint density at radius 2 is 1.97 bits per heavy atom. The molecule has 5 rings (SSSR count). The van der Waals surface area contributed by atoms with E-state index in [1.165, 1.54) is 41.2 Å². The summed E-state index contributed by atoms with van der Waals surface area (Å²) in [6.45, 7) is -0.722. The number of nitrogens with two attached hydrogens (primary N) is 1. The molecule has 0 aliphatic carbocycles. The normalized spacial score (nSPS) is 27.4. The number of benzene rings is 1. The summed E-state index contributed by atoms with van der Waals surface area (Å²) in [5.74, 6) is -1.41. The number of phenolic OH excluding ortho intramolecular Hbond substituents is 1. The largest absolute Gasteiger partial charge is 0.507 e. The van der Waals surface area contributed by atoms with Gasteiger partial charge in [0.15, 0.2) is 23.2 Å². The van der Waals surface area contributed by atoms with E-state index < -0.39 is 53.1 Å². The minimum atomic E-state index is -4.66. The van der Waals surface area contributed by atoms with Crippen LogP contribution >= 0.6 is 0 Å². The molecular formula is C19H18N6O8S. The van der Waals surface area contributed by atoms with Crippen LogP contribution in [-0.4, -0.2) is 74.1 Å². The van der Waals surface area contributed by atoms with Gasteiger partial charge in [-0.05, 0) is 17.7 Å². The Morgan fingerprint density at radius 1 is 1.18 bits per heavy atom. The number of imidazole rings is 1. The van der Waals surface area contributed by atoms with Crippen molar-refractivity contribution in [2.24, 2.45) is 0 Å². The minimum absolute atomic E-state index is 0.0488. The molecule has 1 saturated heterocycles. The van der Waals surface area contributed by atoms with Gasteiger partial charge in [-0.15, -0.1) is 0 Å². The number of fused-ring (bicyclic) bond motifs is 7. The number of hydrogen-bond donors (Lipinski definition) is 5. The molecule has 2 bridgehead atoms. The molecule has 0 unspecified atom stereocenters. The van der Waals surface area contributed by atoms with E-state index in [2.05, 4.69) is 15.0 Å². The lowest BCUT2D eigenvalue weighted by Gasteiger charge is -2.19. The highest BCUT2D eigenvalue weighted by Gasteiger charge is 2.46. The van der Waals surface area contributed by atoms with Gasteiger partial charge in [-0.2, -0.15) is 8.42 Å². The molecule has 0 saturated carbocycles. The maximum absolute atomic E-state index is 12.7. The molecule has 4 atom stereocenters. The molecule has 178 valence electrons. The highest BCUT2D eigenvalue weighted by Crippen LogP contribution is 2.35. The number of carbonyl (C=O) groups excluding carboxylic acids is 1. The van der Waals surface area contributed by atoms with Crippen LogP contribution in [0.25, 0.3) is 23.3 Å². The maximum Gasteiger partial charge on any atom is 0.362 e. The first-order valence-electron chi connectivity index (χ1n) is 9.88. The predicted octanol–water partition coefficient (Wildman–Crippen LogP) is -1.09. The summed E-state index contributed by atoms with van der Waals surface area (Å²) in [6, 6.07) is 4.14. The van der Waals surface area contributed by atoms with Crippen LogP contribution in [0.5, 0.6) is 5.75 Å². The summed E-state index contributed by atoms with van der Waals surface area (Å²) < 4.78 is 38.2. The third-order valence-electron chi connectivity index (χ3n) is 5.44. The molecule has 3 aromatic rings. The van der Waals surface area contributed by atoms with Crippen LogP contribution in [0.4, 0.5) is 5.82 Å². The van der Waals surface area contributed by atoms with Crippen LogP contribution in [-0.2, 0) is 19.2 Å². The van der Waals surface area contributed by atoms with E-state index in [1.54, 1.807) is 4.72 Å². The smallest absolute Gasteiger partial charge is 0.362 e. The van der Waals surface area contributed by atoms with Gasteiger partial charge in [0.05, 0.1) is 12.2 Å². The Balaban J connectivity index is 1.74. The Morgan fingerprint density at radius 3 is 2.76 bits per heavy atom. The third kappa shape index (κ3) is 3.64. The number of nitrogens with zero attached hydrogens (tertiary/aromatic N) is 4. The van der Waals surface area contributed by atoms with Crippen molar-refractivity contribution in [3.63, 3.8) is 0 Å². The van der Waals surface area contributed by atoms with Crippen molar-refractivity contribution < 1.29 is 37.5 Å². The van der Waals surface area contributed by atoms with Gasteiger partial charge in [0, 0.05) is 0 Å². The van der Waals surface area contributed by atoms with Gasteiger partial charge in [0.1, 0.15) is 36.2 Å².